The quantitative estimate of drug-likeness (QED) is 0.767. The van der Waals surface area contributed by atoms with Crippen molar-refractivity contribution in [1.29, 1.82) is 0 Å². The van der Waals surface area contributed by atoms with Crippen molar-refractivity contribution < 1.29 is 9.59 Å². The summed E-state index contributed by atoms with van der Waals surface area (Å²) in [6.07, 6.45) is 0.0362. The Hall–Kier alpha value is -2.54. The van der Waals surface area contributed by atoms with Gasteiger partial charge in [-0.2, -0.15) is 4.99 Å². The second-order valence-electron chi connectivity index (χ2n) is 5.53. The smallest absolute Gasteiger partial charge is 0.249 e. The standard InChI is InChI=1S/C15H16ClN5O2/c1-8(2)13-19-15-18-12(22)7-11(21(15)20-13)14(23)17-10-5-3-4-9(16)6-10/h3-6,11,20H,7H2,1-2H3,(H,17,23)(H,18,19,22)/t11-/m1/s1. The Balaban J connectivity index is 1.81. The highest BCUT2D eigenvalue weighted by molar-refractivity contribution is 6.30. The average molecular weight is 334 g/mol. The molecule has 1 fully saturated rings. The van der Waals surface area contributed by atoms with Crippen LogP contribution in [0.25, 0.3) is 0 Å². The number of allylic oxidation sites excluding steroid dienone is 1. The van der Waals surface area contributed by atoms with Gasteiger partial charge >= 0.3 is 0 Å². The fraction of sp³-hybridized carbons (Fsp3) is 0.267. The van der Waals surface area contributed by atoms with E-state index in [-0.39, 0.29) is 18.2 Å². The summed E-state index contributed by atoms with van der Waals surface area (Å²) in [5.41, 5.74) is 4.58. The summed E-state index contributed by atoms with van der Waals surface area (Å²) in [6.45, 7) is 3.79. The lowest BCUT2D eigenvalue weighted by Gasteiger charge is -2.32. The lowest BCUT2D eigenvalue weighted by Crippen LogP contribution is -2.61. The highest BCUT2D eigenvalue weighted by atomic mass is 35.5. The number of carbonyl (C=O) groups excluding carboxylic acids is 2. The zero-order chi connectivity index (χ0) is 16.6. The summed E-state index contributed by atoms with van der Waals surface area (Å²) in [7, 11) is 0. The molecule has 0 unspecified atom stereocenters. The molecule has 0 radical (unpaired) electrons. The Labute approximate surface area is 138 Å². The summed E-state index contributed by atoms with van der Waals surface area (Å²) >= 11 is 5.92. The molecule has 0 saturated carbocycles. The third-order valence-electron chi connectivity index (χ3n) is 3.48. The zero-order valence-electron chi connectivity index (χ0n) is 12.7. The van der Waals surface area contributed by atoms with Crippen LogP contribution in [0.5, 0.6) is 0 Å². The number of fused-ring (bicyclic) bond motifs is 1. The highest BCUT2D eigenvalue weighted by Crippen LogP contribution is 2.20. The van der Waals surface area contributed by atoms with E-state index in [1.807, 2.05) is 13.8 Å². The van der Waals surface area contributed by atoms with Crippen molar-refractivity contribution in [1.82, 2.24) is 15.8 Å². The molecule has 23 heavy (non-hydrogen) atoms. The van der Waals surface area contributed by atoms with E-state index in [9.17, 15) is 9.59 Å². The van der Waals surface area contributed by atoms with Crippen LogP contribution in [0.4, 0.5) is 5.69 Å². The molecule has 3 N–H and O–H groups in total. The molecule has 3 rings (SSSR count). The number of benzene rings is 1. The highest BCUT2D eigenvalue weighted by Gasteiger charge is 2.39. The van der Waals surface area contributed by atoms with Crippen molar-refractivity contribution in [3.63, 3.8) is 0 Å². The first-order valence-corrected chi connectivity index (χ1v) is 7.50. The number of amides is 2. The first-order chi connectivity index (χ1) is 10.9. The van der Waals surface area contributed by atoms with Crippen LogP contribution in [0.2, 0.25) is 5.02 Å². The zero-order valence-corrected chi connectivity index (χ0v) is 13.4. The van der Waals surface area contributed by atoms with Gasteiger partial charge in [-0.15, -0.1) is 0 Å². The molecule has 1 atom stereocenters. The Kier molecular flexibility index (Phi) is 3.96. The monoisotopic (exact) mass is 333 g/mol. The Bertz CT molecular complexity index is 739. The number of nitrogens with zero attached hydrogens (tertiary/aromatic N) is 2. The first-order valence-electron chi connectivity index (χ1n) is 7.12. The van der Waals surface area contributed by atoms with Gasteiger partial charge in [0.05, 0.1) is 6.42 Å². The van der Waals surface area contributed by atoms with Gasteiger partial charge < -0.3 is 5.32 Å². The normalized spacial score (nSPS) is 19.5. The Morgan fingerprint density at radius 2 is 2.22 bits per heavy atom. The minimum absolute atomic E-state index is 0.0362. The molecule has 1 aromatic rings. The van der Waals surface area contributed by atoms with Gasteiger partial charge in [0.15, 0.2) is 0 Å². The molecule has 0 aromatic heterocycles. The summed E-state index contributed by atoms with van der Waals surface area (Å²) < 4.78 is 0. The largest absolute Gasteiger partial charge is 0.324 e. The van der Waals surface area contributed by atoms with Crippen LogP contribution in [0, 0.1) is 0 Å². The van der Waals surface area contributed by atoms with E-state index in [0.29, 0.717) is 22.5 Å². The molecule has 120 valence electrons. The predicted molar refractivity (Wildman–Crippen MR) is 87.4 cm³/mol. The van der Waals surface area contributed by atoms with Crippen LogP contribution in [-0.4, -0.2) is 28.8 Å². The van der Waals surface area contributed by atoms with Crippen LogP contribution in [0.1, 0.15) is 20.3 Å². The van der Waals surface area contributed by atoms with Crippen LogP contribution in [-0.2, 0) is 9.59 Å². The summed E-state index contributed by atoms with van der Waals surface area (Å²) in [5, 5.41) is 7.53. The third kappa shape index (κ3) is 3.14. The maximum absolute atomic E-state index is 12.6. The number of hydrogen-bond donors (Lipinski definition) is 3. The van der Waals surface area contributed by atoms with Crippen LogP contribution in [0.3, 0.4) is 0 Å². The van der Waals surface area contributed by atoms with E-state index in [4.69, 9.17) is 11.6 Å². The third-order valence-corrected chi connectivity index (χ3v) is 3.72. The molecule has 7 nitrogen and oxygen atoms in total. The minimum atomic E-state index is -0.696. The van der Waals surface area contributed by atoms with Crippen molar-refractivity contribution in [3.05, 3.63) is 40.7 Å². The lowest BCUT2D eigenvalue weighted by molar-refractivity contribution is -0.129. The van der Waals surface area contributed by atoms with Crippen LogP contribution < -0.4 is 16.1 Å². The van der Waals surface area contributed by atoms with Crippen LogP contribution >= 0.6 is 11.6 Å². The first kappa shape index (κ1) is 15.4. The molecular weight excluding hydrogens is 318 g/mol. The maximum Gasteiger partial charge on any atom is 0.249 e. The number of aliphatic imine (C=N–C) groups is 1. The molecule has 2 amide bonds. The number of anilines is 1. The van der Waals surface area contributed by atoms with Gasteiger partial charge in [0.25, 0.3) is 0 Å². The lowest BCUT2D eigenvalue weighted by atomic mass is 10.1. The molecular formula is C15H16ClN5O2. The average Bonchev–Trinajstić information content (AvgIpc) is 2.90. The second kappa shape index (κ2) is 5.92. The van der Waals surface area contributed by atoms with Crippen molar-refractivity contribution in [2.45, 2.75) is 26.3 Å². The van der Waals surface area contributed by atoms with Crippen LogP contribution in [0.15, 0.2) is 40.7 Å². The topological polar surface area (TPSA) is 85.8 Å². The minimum Gasteiger partial charge on any atom is -0.324 e. The van der Waals surface area contributed by atoms with Crippen molar-refractivity contribution in [3.8, 4) is 0 Å². The number of carbonyl (C=O) groups is 2. The van der Waals surface area contributed by atoms with E-state index in [1.54, 1.807) is 29.3 Å². The molecule has 1 saturated heterocycles. The number of nitrogens with one attached hydrogen (secondary N) is 3. The fourth-order valence-electron chi connectivity index (χ4n) is 2.33. The van der Waals surface area contributed by atoms with E-state index in [2.05, 4.69) is 21.1 Å². The molecule has 2 heterocycles. The Morgan fingerprint density at radius 3 is 2.91 bits per heavy atom. The van der Waals surface area contributed by atoms with Crippen molar-refractivity contribution >= 4 is 35.1 Å². The summed E-state index contributed by atoms with van der Waals surface area (Å²) in [6, 6.07) is 6.16. The molecule has 2 aliphatic rings. The predicted octanol–water partition coefficient (Wildman–Crippen LogP) is 1.59. The molecule has 2 aliphatic heterocycles. The summed E-state index contributed by atoms with van der Waals surface area (Å²) in [4.78, 5) is 28.7. The maximum atomic E-state index is 12.6. The molecule has 0 bridgehead atoms. The number of guanidine groups is 1. The van der Waals surface area contributed by atoms with E-state index in [1.165, 1.54) is 0 Å². The molecule has 8 heteroatoms. The van der Waals surface area contributed by atoms with Gasteiger partial charge in [-0.05, 0) is 37.6 Å². The molecule has 0 spiro atoms. The van der Waals surface area contributed by atoms with E-state index >= 15 is 0 Å². The molecule has 0 aliphatic carbocycles. The van der Waals surface area contributed by atoms with Gasteiger partial charge in [0, 0.05) is 10.7 Å². The second-order valence-corrected chi connectivity index (χ2v) is 5.97. The van der Waals surface area contributed by atoms with Gasteiger partial charge in [-0.1, -0.05) is 17.7 Å². The SMILES string of the molecule is CC(C)=C1N=C2NC(=O)C[C@H](C(=O)Nc3cccc(Cl)c3)N2N1. The van der Waals surface area contributed by atoms with Crippen molar-refractivity contribution in [2.75, 3.05) is 5.32 Å². The van der Waals surface area contributed by atoms with Gasteiger partial charge in [-0.25, -0.2) is 5.01 Å². The number of hydrazine groups is 1. The number of hydrogen-bond acceptors (Lipinski definition) is 5. The van der Waals surface area contributed by atoms with E-state index < -0.39 is 6.04 Å². The van der Waals surface area contributed by atoms with Gasteiger partial charge in [-0.3, -0.25) is 20.3 Å². The van der Waals surface area contributed by atoms with Gasteiger partial charge in [0.1, 0.15) is 11.9 Å². The van der Waals surface area contributed by atoms with E-state index in [0.717, 1.165) is 5.57 Å². The van der Waals surface area contributed by atoms with Gasteiger partial charge in [0.2, 0.25) is 17.8 Å². The molecule has 1 aromatic carbocycles. The van der Waals surface area contributed by atoms with Crippen molar-refractivity contribution in [2.24, 2.45) is 4.99 Å². The summed E-state index contributed by atoms with van der Waals surface area (Å²) in [5.74, 6) is 0.409. The number of halogens is 1. The fourth-order valence-corrected chi connectivity index (χ4v) is 2.52. The Morgan fingerprint density at radius 1 is 1.43 bits per heavy atom. The number of rotatable bonds is 2.